The lowest BCUT2D eigenvalue weighted by atomic mass is 9.96. The van der Waals surface area contributed by atoms with Gasteiger partial charge in [-0.15, -0.1) is 0 Å². The molecule has 28 heteroatoms. The van der Waals surface area contributed by atoms with Gasteiger partial charge in [-0.25, -0.2) is 0 Å². The number of rotatable bonds is 30. The largest absolute Gasteiger partial charge is 0.391 e. The fraction of sp³-hybridized carbons (Fsp3) is 0.623. The van der Waals surface area contributed by atoms with E-state index in [1.54, 1.807) is 74.5 Å². The van der Waals surface area contributed by atoms with E-state index < -0.39 is 144 Å². The van der Waals surface area contributed by atoms with Crippen molar-refractivity contribution in [2.75, 3.05) is 32.7 Å². The number of hydrogen-bond donors (Lipinski definition) is 17. The van der Waals surface area contributed by atoms with Gasteiger partial charge in [-0.05, 0) is 95.6 Å². The maximum Gasteiger partial charge on any atom is 0.272 e. The number of hydrogen-bond acceptors (Lipinski definition) is 17. The van der Waals surface area contributed by atoms with Crippen molar-refractivity contribution >= 4 is 65.0 Å². The molecule has 0 aromatic heterocycles. The summed E-state index contributed by atoms with van der Waals surface area (Å²) in [6.07, 6.45) is 4.23. The molecule has 21 N–H and O–H groups in total. The lowest BCUT2D eigenvalue weighted by molar-refractivity contribution is -0.148. The third kappa shape index (κ3) is 26.5. The summed E-state index contributed by atoms with van der Waals surface area (Å²) < 4.78 is 0. The average molecular weight is 1250 g/mol. The van der Waals surface area contributed by atoms with Crippen LogP contribution in [-0.2, 0) is 65.6 Å². The lowest BCUT2D eigenvalue weighted by Crippen LogP contribution is -2.63. The highest BCUT2D eigenvalue weighted by atomic mass is 16.3. The van der Waals surface area contributed by atoms with Crippen molar-refractivity contribution in [2.24, 2.45) is 28.9 Å². The van der Waals surface area contributed by atoms with Crippen LogP contribution in [0.2, 0.25) is 0 Å². The molecule has 12 atom stereocenters. The second-order valence-electron chi connectivity index (χ2n) is 22.8. The summed E-state index contributed by atoms with van der Waals surface area (Å²) in [6, 6.07) is 4.12. The molecule has 0 saturated carbocycles. The van der Waals surface area contributed by atoms with Crippen LogP contribution < -0.4 is 81.4 Å². The Morgan fingerprint density at radius 1 is 0.596 bits per heavy atom. The number of unbranched alkanes of at least 4 members (excludes halogenated alkanes) is 6. The molecule has 1 heterocycles. The van der Waals surface area contributed by atoms with Gasteiger partial charge in [-0.1, -0.05) is 126 Å². The van der Waals surface area contributed by atoms with Crippen LogP contribution >= 0.6 is 0 Å². The Kier molecular flexibility index (Phi) is 34.1. The van der Waals surface area contributed by atoms with Crippen molar-refractivity contribution in [1.29, 1.82) is 0 Å². The van der Waals surface area contributed by atoms with Gasteiger partial charge in [0.05, 0.1) is 6.10 Å². The second kappa shape index (κ2) is 40.1. The predicted molar refractivity (Wildman–Crippen MR) is 332 cm³/mol. The summed E-state index contributed by atoms with van der Waals surface area (Å²) in [6.45, 7) is 6.47. The number of amides is 11. The quantitative estimate of drug-likeness (QED) is 0.0350. The highest BCUT2D eigenvalue weighted by Gasteiger charge is 2.39. The van der Waals surface area contributed by atoms with Crippen LogP contribution in [0.4, 0.5) is 0 Å². The Labute approximate surface area is 521 Å². The number of benzene rings is 2. The summed E-state index contributed by atoms with van der Waals surface area (Å²) in [5, 5.41) is 50.3. The van der Waals surface area contributed by atoms with E-state index in [0.29, 0.717) is 24.0 Å². The number of aliphatic hydroxyl groups is 2. The summed E-state index contributed by atoms with van der Waals surface area (Å²) in [4.78, 5) is 155. The zero-order valence-electron chi connectivity index (χ0n) is 52.2. The van der Waals surface area contributed by atoms with Gasteiger partial charge in [0.15, 0.2) is 0 Å². The summed E-state index contributed by atoms with van der Waals surface area (Å²) in [5.74, 6) is -10.7. The molecule has 28 nitrogen and oxygen atoms in total. The Morgan fingerprint density at radius 3 is 1.66 bits per heavy atom. The van der Waals surface area contributed by atoms with Crippen molar-refractivity contribution in [2.45, 2.75) is 204 Å². The summed E-state index contributed by atoms with van der Waals surface area (Å²) in [5.41, 5.74) is 22.2. The topological polar surface area (TPSA) is 465 Å². The molecule has 0 unspecified atom stereocenters. The number of carbonyl (C=O) groups excluding carboxylic acids is 11. The average Bonchev–Trinajstić information content (AvgIpc) is 2.96. The fourth-order valence-electron chi connectivity index (χ4n) is 9.75. The molecule has 1 saturated heterocycles. The van der Waals surface area contributed by atoms with E-state index in [1.807, 2.05) is 0 Å². The predicted octanol–water partition coefficient (Wildman–Crippen LogP) is -2.86. The molecule has 0 aliphatic carbocycles. The van der Waals surface area contributed by atoms with Crippen molar-refractivity contribution in [3.05, 3.63) is 71.8 Å². The van der Waals surface area contributed by atoms with Gasteiger partial charge < -0.3 is 91.6 Å². The molecular formula is C61H99N15O13. The first kappa shape index (κ1) is 75.6. The molecule has 1 aliphatic heterocycles. The van der Waals surface area contributed by atoms with Gasteiger partial charge in [-0.2, -0.15) is 0 Å². The van der Waals surface area contributed by atoms with Crippen molar-refractivity contribution in [1.82, 2.24) is 58.5 Å². The Bertz CT molecular complexity index is 2600. The molecule has 2 aromatic rings. The molecule has 1 fully saturated rings. The monoisotopic (exact) mass is 1250 g/mol. The molecular weight excluding hydrogens is 1150 g/mol. The molecule has 3 rings (SSSR count). The first-order chi connectivity index (χ1) is 42.4. The first-order valence-corrected chi connectivity index (χ1v) is 31.0. The maximum absolute atomic E-state index is 14.6. The highest BCUT2D eigenvalue weighted by Crippen LogP contribution is 2.14. The molecule has 496 valence electrons. The number of nitrogens with one attached hydrogen (secondary N) is 11. The second-order valence-corrected chi connectivity index (χ2v) is 22.8. The minimum absolute atomic E-state index is 0.0272. The van der Waals surface area contributed by atoms with E-state index in [0.717, 1.165) is 45.4 Å². The van der Waals surface area contributed by atoms with E-state index >= 15 is 0 Å². The van der Waals surface area contributed by atoms with Gasteiger partial charge in [-0.3, -0.25) is 52.7 Å². The van der Waals surface area contributed by atoms with E-state index in [2.05, 4.69) is 65.4 Å². The number of nitrogens with two attached hydrogens (primary N) is 4. The van der Waals surface area contributed by atoms with Crippen molar-refractivity contribution < 1.29 is 63.0 Å². The third-order valence-corrected chi connectivity index (χ3v) is 15.2. The highest BCUT2D eigenvalue weighted by molar-refractivity contribution is 5.99. The summed E-state index contributed by atoms with van der Waals surface area (Å²) >= 11 is 0. The number of carbonyl (C=O) groups is 11. The molecule has 89 heavy (non-hydrogen) atoms. The van der Waals surface area contributed by atoms with E-state index in [4.69, 9.17) is 22.9 Å². The SMILES string of the molecule is CCCCCCCCCC(=O)N[C@@H](Cc1ccccc1)C(=O)N[C@H](C(=O)N[C@@H](CCN)C(=O)N[C@H]1CCNC(=O)[C@](C)(O)NC(=O)[C@H](CCN)NC(=O)[C@H](CCN)NC(=O)[C@H]([C@@H](C)CC)NC(=O)[C@@H](Cc2ccccc2)NC(=O)[C@H](CCN)NC1=O)[C@@H](C)O. The van der Waals surface area contributed by atoms with Gasteiger partial charge in [0.2, 0.25) is 64.8 Å². The molecule has 0 bridgehead atoms. The molecule has 2 aromatic carbocycles. The zero-order valence-corrected chi connectivity index (χ0v) is 52.2. The lowest BCUT2D eigenvalue weighted by Gasteiger charge is -2.30. The molecule has 11 amide bonds. The maximum atomic E-state index is 14.6. The van der Waals surface area contributed by atoms with Crippen LogP contribution in [0.5, 0.6) is 0 Å². The smallest absolute Gasteiger partial charge is 0.272 e. The fourth-order valence-corrected chi connectivity index (χ4v) is 9.75. The van der Waals surface area contributed by atoms with Crippen LogP contribution in [0.25, 0.3) is 0 Å². The molecule has 0 radical (unpaired) electrons. The first-order valence-electron chi connectivity index (χ1n) is 31.0. The van der Waals surface area contributed by atoms with Crippen molar-refractivity contribution in [3.8, 4) is 0 Å². The Hall–Kier alpha value is -7.63. The van der Waals surface area contributed by atoms with Crippen LogP contribution in [-0.4, -0.2) is 174 Å². The van der Waals surface area contributed by atoms with Crippen LogP contribution in [0.1, 0.15) is 136 Å². The van der Waals surface area contributed by atoms with Gasteiger partial charge in [0.25, 0.3) is 5.91 Å². The van der Waals surface area contributed by atoms with Crippen LogP contribution in [0.3, 0.4) is 0 Å². The minimum atomic E-state index is -2.70. The van der Waals surface area contributed by atoms with Crippen molar-refractivity contribution in [3.63, 3.8) is 0 Å². The zero-order chi connectivity index (χ0) is 66.1. The van der Waals surface area contributed by atoms with Crippen LogP contribution in [0, 0.1) is 5.92 Å². The van der Waals surface area contributed by atoms with E-state index in [-0.39, 0.29) is 77.0 Å². The molecule has 1 aliphatic rings. The Balaban J connectivity index is 2.05. The standard InChI is InChI=1S/C61H99N15O13/c1-6-8-9-10-11-12-19-24-48(78)67-46(35-39-20-15-13-16-21-39)55(83)75-50(38(4)77)59(87)72-43(27-32-64)52(80)70-45-29-34-66-60(88)61(5,89)76-57(85)44(28-33-65)69-51(79)42(26-31-63)71-58(86)49(37(3)7-2)74-56(84)47(36-40-22-17-14-18-23-40)73-53(81)41(25-30-62)68-54(45)82/h13-18,20-23,37-38,41-47,49-50,77,89H,6-12,19,24-36,62-65H2,1-5H3,(H,66,88)(H,67,78)(H,68,82)(H,69,79)(H,70,80)(H,71,86)(H,72,87)(H,73,81)(H,74,84)(H,75,83)(H,76,85)/t37-,38+,41-,42-,43-,44-,45-,46-,47+,49-,50-,61-/m0/s1. The summed E-state index contributed by atoms with van der Waals surface area (Å²) in [7, 11) is 0. The van der Waals surface area contributed by atoms with E-state index in [9.17, 15) is 63.0 Å². The van der Waals surface area contributed by atoms with Gasteiger partial charge >= 0.3 is 0 Å². The third-order valence-electron chi connectivity index (χ3n) is 15.2. The minimum Gasteiger partial charge on any atom is -0.391 e. The van der Waals surface area contributed by atoms with E-state index in [1.165, 1.54) is 6.92 Å². The Morgan fingerprint density at radius 2 is 1.11 bits per heavy atom. The van der Waals surface area contributed by atoms with Crippen LogP contribution in [0.15, 0.2) is 60.7 Å². The van der Waals surface area contributed by atoms with Gasteiger partial charge in [0, 0.05) is 25.8 Å². The van der Waals surface area contributed by atoms with Gasteiger partial charge in [0.1, 0.15) is 54.4 Å². The number of aliphatic hydroxyl groups excluding tert-OH is 1. The molecule has 0 spiro atoms. The normalized spacial score (nSPS) is 22.8.